The largest absolute Gasteiger partial charge is 0.461 e. The Morgan fingerprint density at radius 2 is 1.70 bits per heavy atom. The maximum absolute atomic E-state index is 5.43. The van der Waals surface area contributed by atoms with Gasteiger partial charge in [0.15, 0.2) is 0 Å². The smallest absolute Gasteiger partial charge is 0.324 e. The van der Waals surface area contributed by atoms with Gasteiger partial charge in [0.1, 0.15) is 6.61 Å². The minimum Gasteiger partial charge on any atom is -0.461 e. The highest BCUT2D eigenvalue weighted by Gasteiger charge is 2.09. The fraction of sp³-hybridized carbons (Fsp3) is 0.750. The van der Waals surface area contributed by atoms with E-state index < -0.39 is 0 Å². The summed E-state index contributed by atoms with van der Waals surface area (Å²) in [6.45, 7) is 5.66. The first-order valence-corrected chi connectivity index (χ1v) is 6.45. The molecule has 1 heterocycles. The molecule has 114 valence electrons. The van der Waals surface area contributed by atoms with Crippen LogP contribution >= 0.6 is 0 Å². The van der Waals surface area contributed by atoms with Crippen LogP contribution in [0.2, 0.25) is 0 Å². The van der Waals surface area contributed by atoms with Crippen LogP contribution in [0.15, 0.2) is 0 Å². The van der Waals surface area contributed by atoms with E-state index in [4.69, 9.17) is 18.9 Å². The van der Waals surface area contributed by atoms with Gasteiger partial charge in [-0.3, -0.25) is 0 Å². The molecule has 0 aliphatic rings. The summed E-state index contributed by atoms with van der Waals surface area (Å²) in [4.78, 5) is 12.2. The Hall–Kier alpha value is -1.67. The molecular formula is C12H22N4O4. The molecule has 0 spiro atoms. The number of nitrogens with zero attached hydrogens (tertiary/aromatic N) is 3. The topological polar surface area (TPSA) is 87.6 Å². The summed E-state index contributed by atoms with van der Waals surface area (Å²) in [6, 6.07) is 0.435. The second-order valence-corrected chi connectivity index (χ2v) is 4.09. The van der Waals surface area contributed by atoms with Gasteiger partial charge in [-0.2, -0.15) is 9.97 Å². The first-order chi connectivity index (χ1) is 9.65. The highest BCUT2D eigenvalue weighted by molar-refractivity contribution is 5.26. The van der Waals surface area contributed by atoms with Crippen LogP contribution in [0.5, 0.6) is 12.0 Å². The Kier molecular flexibility index (Phi) is 7.59. The van der Waals surface area contributed by atoms with E-state index in [1.807, 2.05) is 13.8 Å². The van der Waals surface area contributed by atoms with E-state index in [0.717, 1.165) is 0 Å². The Morgan fingerprint density at radius 1 is 1.00 bits per heavy atom. The average Bonchev–Trinajstić information content (AvgIpc) is 2.41. The summed E-state index contributed by atoms with van der Waals surface area (Å²) >= 11 is 0. The van der Waals surface area contributed by atoms with E-state index in [0.29, 0.717) is 32.4 Å². The van der Waals surface area contributed by atoms with Crippen LogP contribution in [0.4, 0.5) is 5.95 Å². The summed E-state index contributed by atoms with van der Waals surface area (Å²) in [6.07, 6.45) is -0.0210. The molecule has 0 fully saturated rings. The Labute approximate surface area is 118 Å². The molecule has 1 aromatic rings. The molecule has 1 aromatic heterocycles. The van der Waals surface area contributed by atoms with E-state index in [2.05, 4.69) is 20.3 Å². The SMILES string of the molecule is CNc1nc(OCCOCCOC)nc(OC(C)C)n1. The zero-order chi connectivity index (χ0) is 14.8. The zero-order valence-electron chi connectivity index (χ0n) is 12.4. The monoisotopic (exact) mass is 286 g/mol. The summed E-state index contributed by atoms with van der Waals surface area (Å²) < 4.78 is 21.0. The molecule has 0 amide bonds. The minimum atomic E-state index is -0.0210. The Balaban J connectivity index is 2.47. The molecule has 0 atom stereocenters. The van der Waals surface area contributed by atoms with Gasteiger partial charge in [-0.1, -0.05) is 0 Å². The molecule has 1 rings (SSSR count). The normalized spacial score (nSPS) is 10.7. The lowest BCUT2D eigenvalue weighted by molar-refractivity contribution is 0.0525. The van der Waals surface area contributed by atoms with Crippen LogP contribution < -0.4 is 14.8 Å². The molecule has 8 nitrogen and oxygen atoms in total. The third-order valence-corrected chi connectivity index (χ3v) is 2.05. The summed E-state index contributed by atoms with van der Waals surface area (Å²) in [5, 5.41) is 2.83. The number of hydrogen-bond acceptors (Lipinski definition) is 8. The third kappa shape index (κ3) is 6.48. The Bertz CT molecular complexity index is 390. The highest BCUT2D eigenvalue weighted by atomic mass is 16.5. The molecule has 1 N–H and O–H groups in total. The third-order valence-electron chi connectivity index (χ3n) is 2.05. The summed E-state index contributed by atoms with van der Waals surface area (Å²) in [5.74, 6) is 0.394. The lowest BCUT2D eigenvalue weighted by Gasteiger charge is -2.10. The minimum absolute atomic E-state index is 0.0210. The van der Waals surface area contributed by atoms with Crippen molar-refractivity contribution in [2.24, 2.45) is 0 Å². The van der Waals surface area contributed by atoms with Crippen LogP contribution in [0.1, 0.15) is 13.8 Å². The van der Waals surface area contributed by atoms with Crippen LogP contribution in [0.25, 0.3) is 0 Å². The maximum Gasteiger partial charge on any atom is 0.324 e. The zero-order valence-corrected chi connectivity index (χ0v) is 12.4. The number of aromatic nitrogens is 3. The van der Waals surface area contributed by atoms with E-state index in [-0.39, 0.29) is 18.1 Å². The van der Waals surface area contributed by atoms with Crippen LogP contribution in [-0.2, 0) is 9.47 Å². The van der Waals surface area contributed by atoms with Gasteiger partial charge in [0.05, 0.1) is 25.9 Å². The summed E-state index contributed by atoms with van der Waals surface area (Å²) in [7, 11) is 3.34. The number of methoxy groups -OCH3 is 1. The molecule has 20 heavy (non-hydrogen) atoms. The standard InChI is InChI=1S/C12H22N4O4/c1-9(2)20-12-15-10(13-3)14-11(16-12)19-8-7-18-6-5-17-4/h9H,5-8H2,1-4H3,(H,13,14,15,16). The lowest BCUT2D eigenvalue weighted by atomic mass is 10.5. The van der Waals surface area contributed by atoms with E-state index in [9.17, 15) is 0 Å². The number of anilines is 1. The molecule has 0 aliphatic heterocycles. The van der Waals surface area contributed by atoms with Crippen LogP contribution in [0.3, 0.4) is 0 Å². The predicted molar refractivity (Wildman–Crippen MR) is 73.3 cm³/mol. The second kappa shape index (κ2) is 9.27. The average molecular weight is 286 g/mol. The maximum atomic E-state index is 5.43. The molecular weight excluding hydrogens is 264 g/mol. The van der Waals surface area contributed by atoms with Gasteiger partial charge in [0, 0.05) is 14.2 Å². The van der Waals surface area contributed by atoms with Crippen molar-refractivity contribution in [2.45, 2.75) is 20.0 Å². The van der Waals surface area contributed by atoms with Gasteiger partial charge in [0.25, 0.3) is 0 Å². The van der Waals surface area contributed by atoms with Crippen molar-refractivity contribution in [3.8, 4) is 12.0 Å². The van der Waals surface area contributed by atoms with Crippen LogP contribution in [-0.4, -0.2) is 61.6 Å². The van der Waals surface area contributed by atoms with Gasteiger partial charge < -0.3 is 24.3 Å². The second-order valence-electron chi connectivity index (χ2n) is 4.09. The van der Waals surface area contributed by atoms with Crippen molar-refractivity contribution >= 4 is 5.95 Å². The molecule has 0 aliphatic carbocycles. The van der Waals surface area contributed by atoms with Crippen LogP contribution in [0, 0.1) is 0 Å². The first-order valence-electron chi connectivity index (χ1n) is 6.45. The van der Waals surface area contributed by atoms with Crippen molar-refractivity contribution in [3.05, 3.63) is 0 Å². The van der Waals surface area contributed by atoms with Gasteiger partial charge in [-0.05, 0) is 13.8 Å². The number of hydrogen-bond donors (Lipinski definition) is 1. The summed E-state index contributed by atoms with van der Waals surface area (Å²) in [5.41, 5.74) is 0. The molecule has 0 unspecified atom stereocenters. The Morgan fingerprint density at radius 3 is 2.35 bits per heavy atom. The molecule has 0 saturated carbocycles. The number of nitrogens with one attached hydrogen (secondary N) is 1. The molecule has 8 heteroatoms. The molecule has 0 bridgehead atoms. The molecule has 0 aromatic carbocycles. The van der Waals surface area contributed by atoms with E-state index in [1.165, 1.54) is 0 Å². The predicted octanol–water partition coefficient (Wildman–Crippen LogP) is 0.742. The van der Waals surface area contributed by atoms with Crippen molar-refractivity contribution < 1.29 is 18.9 Å². The van der Waals surface area contributed by atoms with E-state index >= 15 is 0 Å². The fourth-order valence-corrected chi connectivity index (χ4v) is 1.21. The lowest BCUT2D eigenvalue weighted by Crippen LogP contribution is -2.14. The van der Waals surface area contributed by atoms with Gasteiger partial charge in [0.2, 0.25) is 5.95 Å². The van der Waals surface area contributed by atoms with Crippen molar-refractivity contribution in [1.29, 1.82) is 0 Å². The quantitative estimate of drug-likeness (QED) is 0.630. The van der Waals surface area contributed by atoms with Crippen molar-refractivity contribution in [3.63, 3.8) is 0 Å². The first kappa shape index (κ1) is 16.4. The molecule has 0 saturated heterocycles. The van der Waals surface area contributed by atoms with E-state index in [1.54, 1.807) is 14.2 Å². The van der Waals surface area contributed by atoms with Crippen molar-refractivity contribution in [2.75, 3.05) is 45.9 Å². The van der Waals surface area contributed by atoms with Gasteiger partial charge >= 0.3 is 12.0 Å². The van der Waals surface area contributed by atoms with Gasteiger partial charge in [-0.25, -0.2) is 0 Å². The number of rotatable bonds is 10. The fourth-order valence-electron chi connectivity index (χ4n) is 1.21. The molecule has 0 radical (unpaired) electrons. The van der Waals surface area contributed by atoms with Crippen molar-refractivity contribution in [1.82, 2.24) is 15.0 Å². The van der Waals surface area contributed by atoms with Gasteiger partial charge in [-0.15, -0.1) is 4.98 Å². The number of ether oxygens (including phenoxy) is 4. The highest BCUT2D eigenvalue weighted by Crippen LogP contribution is 2.13.